The zero-order chi connectivity index (χ0) is 23.5. The molecule has 2 aliphatic rings. The van der Waals surface area contributed by atoms with Crippen molar-refractivity contribution >= 4 is 14.3 Å². The zero-order valence-corrected chi connectivity index (χ0v) is 22.0. The fourth-order valence-corrected chi connectivity index (χ4v) is 6.46. The number of benzene rings is 1. The molecule has 0 spiro atoms. The molecule has 0 unspecified atom stereocenters. The lowest BCUT2D eigenvalue weighted by Crippen LogP contribution is -2.53. The number of hydrogen-bond donors (Lipinski definition) is 0. The smallest absolute Gasteiger partial charge is 0.308 e. The summed E-state index contributed by atoms with van der Waals surface area (Å²) >= 11 is 0. The number of carbonyl (C=O) groups is 1. The average molecular weight is 459 g/mol. The number of carbonyl (C=O) groups excluding carboxylic acids is 1. The summed E-state index contributed by atoms with van der Waals surface area (Å²) in [5, 5.41) is 0.121. The molecule has 1 aromatic carbocycles. The van der Waals surface area contributed by atoms with Gasteiger partial charge in [0.25, 0.3) is 0 Å². The van der Waals surface area contributed by atoms with Gasteiger partial charge in [-0.1, -0.05) is 70.2 Å². The average Bonchev–Trinajstić information content (AvgIpc) is 2.74. The number of rotatable bonds is 7. The molecule has 32 heavy (non-hydrogen) atoms. The van der Waals surface area contributed by atoms with E-state index in [1.807, 2.05) is 6.07 Å². The summed E-state index contributed by atoms with van der Waals surface area (Å²) in [6.07, 6.45) is 6.29. The van der Waals surface area contributed by atoms with Crippen molar-refractivity contribution < 1.29 is 18.7 Å². The molecule has 0 bridgehead atoms. The van der Waals surface area contributed by atoms with Gasteiger partial charge in [0.15, 0.2) is 8.32 Å². The van der Waals surface area contributed by atoms with Crippen molar-refractivity contribution in [2.45, 2.75) is 71.4 Å². The van der Waals surface area contributed by atoms with E-state index in [0.717, 1.165) is 12.8 Å². The lowest BCUT2D eigenvalue weighted by molar-refractivity contribution is -0.151. The van der Waals surface area contributed by atoms with E-state index >= 15 is 0 Å². The van der Waals surface area contributed by atoms with Crippen molar-refractivity contribution in [1.29, 1.82) is 0 Å². The first-order valence-electron chi connectivity index (χ1n) is 12.1. The summed E-state index contributed by atoms with van der Waals surface area (Å²) in [4.78, 5) is 12.5. The molecule has 0 saturated heterocycles. The highest BCUT2D eigenvalue weighted by Crippen LogP contribution is 2.49. The maximum absolute atomic E-state index is 12.5. The predicted octanol–water partition coefficient (Wildman–Crippen LogP) is 6.23. The van der Waals surface area contributed by atoms with Crippen LogP contribution in [0.5, 0.6) is 0 Å². The van der Waals surface area contributed by atoms with Crippen LogP contribution in [0.25, 0.3) is 0 Å². The third-order valence-corrected chi connectivity index (χ3v) is 12.5. The monoisotopic (exact) mass is 458 g/mol. The molecule has 0 amide bonds. The minimum absolute atomic E-state index is 0.0523. The Kier molecular flexibility index (Phi) is 8.05. The number of fused-ring (bicyclic) bond motifs is 1. The Morgan fingerprint density at radius 1 is 1.09 bits per heavy atom. The Morgan fingerprint density at radius 2 is 1.78 bits per heavy atom. The Balaban J connectivity index is 1.82. The highest BCUT2D eigenvalue weighted by molar-refractivity contribution is 6.74. The lowest BCUT2D eigenvalue weighted by atomic mass is 9.62. The normalized spacial score (nSPS) is 30.6. The molecule has 0 aromatic heterocycles. The first-order chi connectivity index (χ1) is 15.0. The van der Waals surface area contributed by atoms with Crippen LogP contribution < -0.4 is 0 Å². The van der Waals surface area contributed by atoms with E-state index in [1.54, 1.807) is 0 Å². The molecule has 1 aromatic rings. The molecule has 178 valence electrons. The number of esters is 1. The summed E-state index contributed by atoms with van der Waals surface area (Å²) in [7, 11) is -0.499. The molecular weight excluding hydrogens is 416 g/mol. The highest BCUT2D eigenvalue weighted by atomic mass is 28.4. The molecule has 2 aliphatic carbocycles. The molecule has 0 N–H and O–H groups in total. The maximum Gasteiger partial charge on any atom is 0.308 e. The minimum Gasteiger partial charge on any atom is -0.469 e. The summed E-state index contributed by atoms with van der Waals surface area (Å²) in [5.74, 6) is 1.29. The Bertz CT molecular complexity index is 783. The van der Waals surface area contributed by atoms with Gasteiger partial charge in [0.1, 0.15) is 0 Å². The second-order valence-corrected chi connectivity index (χ2v) is 16.0. The van der Waals surface area contributed by atoms with Crippen LogP contribution in [0.2, 0.25) is 18.1 Å². The largest absolute Gasteiger partial charge is 0.469 e. The van der Waals surface area contributed by atoms with Crippen LogP contribution in [-0.2, 0) is 25.3 Å². The Labute approximate surface area is 195 Å². The molecule has 1 fully saturated rings. The minimum atomic E-state index is -2.00. The maximum atomic E-state index is 12.5. The van der Waals surface area contributed by atoms with Gasteiger partial charge in [-0.3, -0.25) is 4.79 Å². The third-order valence-electron chi connectivity index (χ3n) is 8.04. The van der Waals surface area contributed by atoms with Crippen molar-refractivity contribution in [3.05, 3.63) is 48.0 Å². The molecular formula is C27H42O4Si. The zero-order valence-electron chi connectivity index (χ0n) is 21.0. The van der Waals surface area contributed by atoms with Crippen LogP contribution in [0.3, 0.4) is 0 Å². The Hall–Kier alpha value is -1.43. The molecule has 5 heteroatoms. The molecule has 6 atom stereocenters. The predicted molar refractivity (Wildman–Crippen MR) is 132 cm³/mol. The van der Waals surface area contributed by atoms with E-state index in [4.69, 9.17) is 13.9 Å². The van der Waals surface area contributed by atoms with Crippen LogP contribution in [0.4, 0.5) is 0 Å². The quantitative estimate of drug-likeness (QED) is 0.276. The third kappa shape index (κ3) is 5.73. The van der Waals surface area contributed by atoms with Crippen LogP contribution in [-0.4, -0.2) is 34.1 Å². The number of hydrogen-bond acceptors (Lipinski definition) is 4. The van der Waals surface area contributed by atoms with E-state index < -0.39 is 8.32 Å². The topological polar surface area (TPSA) is 44.8 Å². The van der Waals surface area contributed by atoms with Gasteiger partial charge in [0.2, 0.25) is 0 Å². The SMILES string of the molecule is COC(=O)[C@@H]1C[C@H](O[Si](C)(C)C(C)(C)C)[C@@H]2[C@@H](COCc3ccccc3)[C@@H](C)C=C[C@H]2C1. The number of allylic oxidation sites excluding steroid dienone is 2. The van der Waals surface area contributed by atoms with Crippen molar-refractivity contribution in [2.24, 2.45) is 29.6 Å². The summed E-state index contributed by atoms with van der Waals surface area (Å²) in [6.45, 7) is 15.1. The van der Waals surface area contributed by atoms with Gasteiger partial charge in [-0.05, 0) is 60.2 Å². The second kappa shape index (κ2) is 10.2. The van der Waals surface area contributed by atoms with Gasteiger partial charge in [-0.2, -0.15) is 0 Å². The summed E-state index contributed by atoms with van der Waals surface area (Å²) in [6, 6.07) is 10.4. The number of methoxy groups -OCH3 is 1. The van der Waals surface area contributed by atoms with E-state index in [9.17, 15) is 4.79 Å². The standard InChI is InChI=1S/C27H42O4Si/c1-19-13-14-21-15-22(26(28)29-5)16-24(31-32(6,7)27(2,3)4)25(21)23(19)18-30-17-20-11-9-8-10-12-20/h8-14,19,21-25H,15-18H2,1-7H3/t19-,21-,22-,23-,24-,25-/m0/s1. The second-order valence-electron chi connectivity index (χ2n) is 11.3. The molecule has 3 rings (SSSR count). The summed E-state index contributed by atoms with van der Waals surface area (Å²) < 4.78 is 18.4. The van der Waals surface area contributed by atoms with Gasteiger partial charge in [-0.25, -0.2) is 0 Å². The van der Waals surface area contributed by atoms with Crippen LogP contribution in [0, 0.1) is 29.6 Å². The van der Waals surface area contributed by atoms with Crippen LogP contribution in [0.1, 0.15) is 46.1 Å². The fourth-order valence-electron chi connectivity index (χ4n) is 5.10. The highest BCUT2D eigenvalue weighted by Gasteiger charge is 2.50. The van der Waals surface area contributed by atoms with E-state index in [0.29, 0.717) is 36.9 Å². The van der Waals surface area contributed by atoms with E-state index in [2.05, 4.69) is 77.2 Å². The first kappa shape index (κ1) is 25.2. The van der Waals surface area contributed by atoms with Gasteiger partial charge in [-0.15, -0.1) is 0 Å². The van der Waals surface area contributed by atoms with Crippen molar-refractivity contribution in [3.63, 3.8) is 0 Å². The van der Waals surface area contributed by atoms with Crippen molar-refractivity contribution in [2.75, 3.05) is 13.7 Å². The van der Waals surface area contributed by atoms with Crippen molar-refractivity contribution in [1.82, 2.24) is 0 Å². The molecule has 4 nitrogen and oxygen atoms in total. The molecule has 0 heterocycles. The van der Waals surface area contributed by atoms with Gasteiger partial charge < -0.3 is 13.9 Å². The molecule has 0 radical (unpaired) electrons. The molecule has 0 aliphatic heterocycles. The van der Waals surface area contributed by atoms with Crippen LogP contribution in [0.15, 0.2) is 42.5 Å². The van der Waals surface area contributed by atoms with Crippen molar-refractivity contribution in [3.8, 4) is 0 Å². The molecule has 1 saturated carbocycles. The van der Waals surface area contributed by atoms with Gasteiger partial charge in [0, 0.05) is 6.10 Å². The van der Waals surface area contributed by atoms with Crippen LogP contribution >= 0.6 is 0 Å². The number of ether oxygens (including phenoxy) is 2. The van der Waals surface area contributed by atoms with E-state index in [-0.39, 0.29) is 23.0 Å². The fraction of sp³-hybridized carbons (Fsp3) is 0.667. The summed E-state index contributed by atoms with van der Waals surface area (Å²) in [5.41, 5.74) is 1.20. The van der Waals surface area contributed by atoms with E-state index in [1.165, 1.54) is 12.7 Å². The van der Waals surface area contributed by atoms with Gasteiger partial charge in [0.05, 0.1) is 26.2 Å². The first-order valence-corrected chi connectivity index (χ1v) is 15.0. The Morgan fingerprint density at radius 3 is 2.41 bits per heavy atom. The lowest BCUT2D eigenvalue weighted by Gasteiger charge is -2.51. The van der Waals surface area contributed by atoms with Gasteiger partial charge >= 0.3 is 5.97 Å².